The summed E-state index contributed by atoms with van der Waals surface area (Å²) in [6.45, 7) is 2.79. The Morgan fingerprint density at radius 2 is 2.19 bits per heavy atom. The molecule has 0 aromatic heterocycles. The van der Waals surface area contributed by atoms with Crippen molar-refractivity contribution in [2.45, 2.75) is 37.1 Å². The third kappa shape index (κ3) is 5.13. The summed E-state index contributed by atoms with van der Waals surface area (Å²) in [5, 5.41) is 3.08. The van der Waals surface area contributed by atoms with E-state index in [1.807, 2.05) is 25.1 Å². The van der Waals surface area contributed by atoms with Gasteiger partial charge in [0.25, 0.3) is 5.91 Å². The molecule has 1 aliphatic heterocycles. The van der Waals surface area contributed by atoms with Crippen LogP contribution in [-0.4, -0.2) is 29.2 Å². The number of alkyl halides is 1. The molecule has 2 atom stereocenters. The van der Waals surface area contributed by atoms with E-state index >= 15 is 0 Å². The highest BCUT2D eigenvalue weighted by atomic mass is 79.9. The molecular formula is C15H20BrN3O2. The molecular weight excluding hydrogens is 334 g/mol. The lowest BCUT2D eigenvalue weighted by molar-refractivity contribution is -0.129. The molecule has 1 aliphatic rings. The lowest BCUT2D eigenvalue weighted by atomic mass is 10.1. The van der Waals surface area contributed by atoms with E-state index in [0.717, 1.165) is 18.5 Å². The second kappa shape index (κ2) is 7.56. The summed E-state index contributed by atoms with van der Waals surface area (Å²) in [7, 11) is 0. The van der Waals surface area contributed by atoms with Crippen molar-refractivity contribution >= 4 is 27.7 Å². The topological polar surface area (TPSA) is 70.2 Å². The predicted molar refractivity (Wildman–Crippen MR) is 84.9 cm³/mol. The Bertz CT molecular complexity index is 521. The first-order valence-corrected chi connectivity index (χ1v) is 7.98. The molecule has 6 heteroatoms. The Morgan fingerprint density at radius 3 is 2.86 bits per heavy atom. The summed E-state index contributed by atoms with van der Waals surface area (Å²) in [5.74, 6) is -0.376. The van der Waals surface area contributed by atoms with Crippen molar-refractivity contribution in [1.82, 2.24) is 16.2 Å². The number of hydrogen-bond acceptors (Lipinski definition) is 3. The molecule has 1 aromatic rings. The molecule has 1 aromatic carbocycles. The van der Waals surface area contributed by atoms with Gasteiger partial charge < -0.3 is 5.32 Å². The minimum absolute atomic E-state index is 0.182. The molecule has 1 heterocycles. The number of carbonyl (C=O) groups is 2. The van der Waals surface area contributed by atoms with Gasteiger partial charge in [-0.1, -0.05) is 45.8 Å². The van der Waals surface area contributed by atoms with Crippen molar-refractivity contribution in [1.29, 1.82) is 0 Å². The largest absolute Gasteiger partial charge is 0.305 e. The summed E-state index contributed by atoms with van der Waals surface area (Å²) in [5.41, 5.74) is 7.24. The molecule has 2 unspecified atom stereocenters. The normalized spacial score (nSPS) is 21.0. The summed E-state index contributed by atoms with van der Waals surface area (Å²) in [6.07, 6.45) is 1.74. The molecule has 2 amide bonds. The fourth-order valence-electron chi connectivity index (χ4n) is 2.30. The van der Waals surface area contributed by atoms with Gasteiger partial charge >= 0.3 is 0 Å². The van der Waals surface area contributed by atoms with Gasteiger partial charge in [0.05, 0.1) is 6.04 Å². The Morgan fingerprint density at radius 1 is 1.38 bits per heavy atom. The van der Waals surface area contributed by atoms with E-state index in [2.05, 4.69) is 38.2 Å². The van der Waals surface area contributed by atoms with Crippen LogP contribution in [0, 0.1) is 6.92 Å². The van der Waals surface area contributed by atoms with E-state index < -0.39 is 0 Å². The van der Waals surface area contributed by atoms with Gasteiger partial charge in [0.1, 0.15) is 0 Å². The maximum Gasteiger partial charge on any atom is 0.255 e. The number of amides is 2. The molecule has 0 bridgehead atoms. The summed E-state index contributed by atoms with van der Waals surface area (Å²) in [4.78, 5) is 23.8. The minimum Gasteiger partial charge on any atom is -0.305 e. The van der Waals surface area contributed by atoms with Crippen LogP contribution in [0.3, 0.4) is 0 Å². The molecule has 5 nitrogen and oxygen atoms in total. The number of carbonyl (C=O) groups excluding carboxylic acids is 2. The standard InChI is InChI=1S/C15H20BrN3O2/c1-10-3-2-4-11(7-10)5-6-14(20)18-19-15(21)13-8-12(16)9-17-13/h2-4,7,12-13,17H,5-6,8-9H2,1H3,(H,18,20)(H,19,21). The second-order valence-corrected chi connectivity index (χ2v) is 6.62. The van der Waals surface area contributed by atoms with Gasteiger partial charge in [0, 0.05) is 17.8 Å². The number of halogens is 1. The van der Waals surface area contributed by atoms with Crippen molar-refractivity contribution in [2.24, 2.45) is 0 Å². The van der Waals surface area contributed by atoms with E-state index in [9.17, 15) is 9.59 Å². The Hall–Kier alpha value is -1.40. The third-order valence-electron chi connectivity index (χ3n) is 3.44. The zero-order valence-corrected chi connectivity index (χ0v) is 13.6. The van der Waals surface area contributed by atoms with Crippen LogP contribution in [0.2, 0.25) is 0 Å². The summed E-state index contributed by atoms with van der Waals surface area (Å²) >= 11 is 3.45. The average molecular weight is 354 g/mol. The molecule has 0 spiro atoms. The third-order valence-corrected chi connectivity index (χ3v) is 4.14. The number of hydrazine groups is 1. The lowest BCUT2D eigenvalue weighted by Gasteiger charge is -2.12. The van der Waals surface area contributed by atoms with Gasteiger partial charge in [0.2, 0.25) is 5.91 Å². The monoisotopic (exact) mass is 353 g/mol. The van der Waals surface area contributed by atoms with Gasteiger partial charge in [-0.05, 0) is 25.3 Å². The van der Waals surface area contributed by atoms with Gasteiger partial charge in [-0.25, -0.2) is 0 Å². The molecule has 0 saturated carbocycles. The van der Waals surface area contributed by atoms with Crippen LogP contribution >= 0.6 is 15.9 Å². The SMILES string of the molecule is Cc1cccc(CCC(=O)NNC(=O)C2CC(Br)CN2)c1. The maximum absolute atomic E-state index is 11.8. The quantitative estimate of drug-likeness (QED) is 0.562. The highest BCUT2D eigenvalue weighted by Gasteiger charge is 2.27. The fourth-order valence-corrected chi connectivity index (χ4v) is 2.86. The fraction of sp³-hybridized carbons (Fsp3) is 0.467. The smallest absolute Gasteiger partial charge is 0.255 e. The number of nitrogens with one attached hydrogen (secondary N) is 3. The molecule has 1 saturated heterocycles. The van der Waals surface area contributed by atoms with E-state index in [1.54, 1.807) is 0 Å². The molecule has 21 heavy (non-hydrogen) atoms. The Balaban J connectivity index is 1.69. The number of aryl methyl sites for hydroxylation is 2. The maximum atomic E-state index is 11.8. The lowest BCUT2D eigenvalue weighted by Crippen LogP contribution is -2.49. The van der Waals surface area contributed by atoms with Crippen molar-refractivity contribution in [3.05, 3.63) is 35.4 Å². The Kier molecular flexibility index (Phi) is 5.76. The van der Waals surface area contributed by atoms with Crippen LogP contribution in [-0.2, 0) is 16.0 Å². The molecule has 1 fully saturated rings. The van der Waals surface area contributed by atoms with Gasteiger partial charge in [0.15, 0.2) is 0 Å². The Labute approximate surface area is 133 Å². The number of hydrogen-bond donors (Lipinski definition) is 3. The second-order valence-electron chi connectivity index (χ2n) is 5.32. The highest BCUT2D eigenvalue weighted by Crippen LogP contribution is 2.14. The van der Waals surface area contributed by atoms with Crippen LogP contribution in [0.15, 0.2) is 24.3 Å². The highest BCUT2D eigenvalue weighted by molar-refractivity contribution is 9.09. The van der Waals surface area contributed by atoms with E-state index in [4.69, 9.17) is 0 Å². The van der Waals surface area contributed by atoms with Crippen molar-refractivity contribution < 1.29 is 9.59 Å². The summed E-state index contributed by atoms with van der Waals surface area (Å²) < 4.78 is 0. The van der Waals surface area contributed by atoms with Crippen LogP contribution in [0.1, 0.15) is 24.0 Å². The predicted octanol–water partition coefficient (Wildman–Crippen LogP) is 1.20. The number of rotatable bonds is 4. The van der Waals surface area contributed by atoms with Crippen LogP contribution in [0.25, 0.3) is 0 Å². The van der Waals surface area contributed by atoms with E-state index in [1.165, 1.54) is 5.56 Å². The van der Waals surface area contributed by atoms with Crippen LogP contribution in [0.5, 0.6) is 0 Å². The molecule has 3 N–H and O–H groups in total. The van der Waals surface area contributed by atoms with Crippen molar-refractivity contribution in [3.63, 3.8) is 0 Å². The molecule has 0 radical (unpaired) electrons. The number of benzene rings is 1. The van der Waals surface area contributed by atoms with Crippen LogP contribution in [0.4, 0.5) is 0 Å². The van der Waals surface area contributed by atoms with Gasteiger partial charge in [-0.3, -0.25) is 20.4 Å². The first kappa shape index (κ1) is 16.0. The minimum atomic E-state index is -0.244. The summed E-state index contributed by atoms with van der Waals surface area (Å²) in [6, 6.07) is 7.82. The van der Waals surface area contributed by atoms with Gasteiger partial charge in [-0.15, -0.1) is 0 Å². The van der Waals surface area contributed by atoms with Crippen molar-refractivity contribution in [2.75, 3.05) is 6.54 Å². The van der Waals surface area contributed by atoms with Crippen molar-refractivity contribution in [3.8, 4) is 0 Å². The first-order chi connectivity index (χ1) is 10.0. The van der Waals surface area contributed by atoms with E-state index in [-0.39, 0.29) is 17.9 Å². The average Bonchev–Trinajstić information content (AvgIpc) is 2.89. The van der Waals surface area contributed by atoms with Crippen LogP contribution < -0.4 is 16.2 Å². The van der Waals surface area contributed by atoms with Gasteiger partial charge in [-0.2, -0.15) is 0 Å². The molecule has 0 aliphatic carbocycles. The van der Waals surface area contributed by atoms with E-state index in [0.29, 0.717) is 17.7 Å². The molecule has 2 rings (SSSR count). The first-order valence-electron chi connectivity index (χ1n) is 7.06. The molecule has 114 valence electrons. The zero-order chi connectivity index (χ0) is 15.2. The zero-order valence-electron chi connectivity index (χ0n) is 12.0.